The van der Waals surface area contributed by atoms with Gasteiger partial charge in [0.05, 0.1) is 6.61 Å². The van der Waals surface area contributed by atoms with Gasteiger partial charge in [-0.3, -0.25) is 0 Å². The Hall–Kier alpha value is -2.24. The molecule has 0 unspecified atom stereocenters. The van der Waals surface area contributed by atoms with E-state index >= 15 is 0 Å². The van der Waals surface area contributed by atoms with Crippen LogP contribution in [0.15, 0.2) is 54.8 Å². The van der Waals surface area contributed by atoms with Crippen molar-refractivity contribution >= 4 is 5.71 Å². The van der Waals surface area contributed by atoms with Gasteiger partial charge in [-0.1, -0.05) is 60.3 Å². The predicted molar refractivity (Wildman–Crippen MR) is 155 cm³/mol. The predicted octanol–water partition coefficient (Wildman–Crippen LogP) is 9.94. The zero-order chi connectivity index (χ0) is 28.7. The molecular weight excluding hydrogens is 441 g/mol. The minimum Gasteiger partial charge on any atom is -0.461 e. The Morgan fingerprint density at radius 1 is 0.971 bits per heavy atom. The van der Waals surface area contributed by atoms with E-state index in [2.05, 4.69) is 17.9 Å². The molecule has 0 radical (unpaired) electrons. The van der Waals surface area contributed by atoms with Gasteiger partial charge in [0.1, 0.15) is 17.3 Å². The zero-order valence-corrected chi connectivity index (χ0v) is 24.9. The van der Waals surface area contributed by atoms with Gasteiger partial charge in [0, 0.05) is 38.0 Å². The normalized spacial score (nSPS) is 9.17. The maximum Gasteiger partial charge on any atom is 0.128 e. The van der Waals surface area contributed by atoms with Crippen LogP contribution in [0.5, 0.6) is 5.75 Å². The minimum atomic E-state index is -0.275. The van der Waals surface area contributed by atoms with Crippen LogP contribution < -0.4 is 4.74 Å². The lowest BCUT2D eigenvalue weighted by molar-refractivity contribution is 0.131. The fourth-order valence-corrected chi connectivity index (χ4v) is 1.62. The quantitative estimate of drug-likeness (QED) is 0.160. The van der Waals surface area contributed by atoms with Gasteiger partial charge in [0.15, 0.2) is 0 Å². The van der Waals surface area contributed by atoms with Crippen molar-refractivity contribution in [2.24, 2.45) is 0 Å². The second-order valence-corrected chi connectivity index (χ2v) is 6.28. The van der Waals surface area contributed by atoms with Crippen molar-refractivity contribution in [1.29, 1.82) is 5.41 Å². The third kappa shape index (κ3) is 31.8. The molecule has 1 aromatic carbocycles. The van der Waals surface area contributed by atoms with Crippen molar-refractivity contribution in [3.05, 3.63) is 66.2 Å². The molecule has 0 spiro atoms. The number of halogens is 1. The smallest absolute Gasteiger partial charge is 0.128 e. The molecule has 0 aliphatic carbocycles. The molecule has 0 aromatic heterocycles. The Bertz CT molecular complexity index is 638. The van der Waals surface area contributed by atoms with E-state index in [9.17, 15) is 4.39 Å². The van der Waals surface area contributed by atoms with Crippen LogP contribution in [0.4, 0.5) is 4.39 Å². The van der Waals surface area contributed by atoms with E-state index < -0.39 is 0 Å². The van der Waals surface area contributed by atoms with Gasteiger partial charge in [0.2, 0.25) is 0 Å². The molecule has 1 N–H and O–H groups in total. The van der Waals surface area contributed by atoms with E-state index in [4.69, 9.17) is 14.9 Å². The van der Waals surface area contributed by atoms with Crippen LogP contribution in [-0.4, -0.2) is 26.0 Å². The number of rotatable bonds is 9. The van der Waals surface area contributed by atoms with E-state index in [1.54, 1.807) is 38.3 Å². The number of nitrogens with one attached hydrogen (secondary N) is 1. The van der Waals surface area contributed by atoms with Crippen LogP contribution in [0, 0.1) is 11.2 Å². The summed E-state index contributed by atoms with van der Waals surface area (Å²) in [5.74, 6) is 1.18. The van der Waals surface area contributed by atoms with Crippen LogP contribution in [0.1, 0.15) is 94.6 Å². The van der Waals surface area contributed by atoms with Crippen molar-refractivity contribution in [2.75, 3.05) is 20.3 Å². The van der Waals surface area contributed by atoms with Gasteiger partial charge in [0.25, 0.3) is 0 Å². The first-order valence-corrected chi connectivity index (χ1v) is 12.7. The summed E-state index contributed by atoms with van der Waals surface area (Å²) in [5, 5.41) is 6.74. The second kappa shape index (κ2) is 36.3. The molecule has 0 fully saturated rings. The highest BCUT2D eigenvalue weighted by Gasteiger charge is 2.07. The Labute approximate surface area is 217 Å². The van der Waals surface area contributed by atoms with Crippen LogP contribution in [0.3, 0.4) is 0 Å². The van der Waals surface area contributed by atoms with Gasteiger partial charge in [-0.05, 0) is 64.8 Å². The summed E-state index contributed by atoms with van der Waals surface area (Å²) >= 11 is 0. The molecule has 35 heavy (non-hydrogen) atoms. The molecule has 0 saturated heterocycles. The summed E-state index contributed by atoms with van der Waals surface area (Å²) in [4.78, 5) is 0. The summed E-state index contributed by atoms with van der Waals surface area (Å²) in [6, 6.07) is 4.70. The number of methoxy groups -OCH3 is 1. The molecule has 4 nitrogen and oxygen atoms in total. The van der Waals surface area contributed by atoms with Gasteiger partial charge in [-0.25, -0.2) is 4.39 Å². The van der Waals surface area contributed by atoms with Crippen molar-refractivity contribution in [1.82, 2.24) is 0 Å². The summed E-state index contributed by atoms with van der Waals surface area (Å²) in [6.07, 6.45) is 5.15. The van der Waals surface area contributed by atoms with Crippen molar-refractivity contribution in [2.45, 2.75) is 95.6 Å². The van der Waals surface area contributed by atoms with Gasteiger partial charge in [-0.2, -0.15) is 0 Å². The van der Waals surface area contributed by atoms with E-state index in [1.165, 1.54) is 6.07 Å². The summed E-state index contributed by atoms with van der Waals surface area (Å²) < 4.78 is 29.1. The molecule has 0 atom stereocenters. The average Bonchev–Trinajstić information content (AvgIpc) is 2.90. The Balaban J connectivity index is -0.000000154. The van der Waals surface area contributed by atoms with Crippen molar-refractivity contribution < 1.29 is 18.6 Å². The highest BCUT2D eigenvalue weighted by atomic mass is 19.1. The standard InChI is InChI=1S/C16H21FO2.C4H9N.C3H8O.C3H6.2C2H6/c1-5-12(4)16(6-2)19-14-8-9-15(17)13(10-14)11-18-7-3;1-3-4(2)5;1-3-4-2;1-3-2;2*1-2/h5,8-10H,1,6-7,11H2,2-4H3;5H,3H2,1-2H3;3H2,1-2H3;3H,1H2,2H3;2*1-2H3/b16-12+;;;;;. The third-order valence-electron chi connectivity index (χ3n) is 3.61. The molecular formula is C30H56FNO3. The Morgan fingerprint density at radius 3 is 1.74 bits per heavy atom. The van der Waals surface area contributed by atoms with Crippen molar-refractivity contribution in [3.8, 4) is 5.75 Å². The number of ether oxygens (including phenoxy) is 3. The van der Waals surface area contributed by atoms with E-state index in [0.29, 0.717) is 17.9 Å². The fraction of sp³-hybridized carbons (Fsp3) is 0.567. The lowest BCUT2D eigenvalue weighted by atomic mass is 10.2. The first-order chi connectivity index (χ1) is 16.7. The Kier molecular flexibility index (Phi) is 44.5. The van der Waals surface area contributed by atoms with Gasteiger partial charge < -0.3 is 19.6 Å². The average molecular weight is 498 g/mol. The highest BCUT2D eigenvalue weighted by molar-refractivity contribution is 5.78. The first-order valence-electron chi connectivity index (χ1n) is 12.7. The topological polar surface area (TPSA) is 51.5 Å². The fourth-order valence-electron chi connectivity index (χ4n) is 1.62. The summed E-state index contributed by atoms with van der Waals surface area (Å²) in [5.41, 5.74) is 2.24. The molecule has 5 heteroatoms. The minimum absolute atomic E-state index is 0.255. The van der Waals surface area contributed by atoms with E-state index in [0.717, 1.165) is 36.5 Å². The molecule has 0 aliphatic heterocycles. The van der Waals surface area contributed by atoms with Gasteiger partial charge >= 0.3 is 0 Å². The SMILES string of the molecule is C=C/C(C)=C(\CC)Oc1ccc(F)c(COCC)c1.C=CC.CC.CC.CCC(C)=N.CCOC. The Morgan fingerprint density at radius 2 is 1.43 bits per heavy atom. The van der Waals surface area contributed by atoms with E-state index in [-0.39, 0.29) is 12.4 Å². The maximum absolute atomic E-state index is 13.6. The van der Waals surface area contributed by atoms with Crippen LogP contribution in [-0.2, 0) is 16.1 Å². The summed E-state index contributed by atoms with van der Waals surface area (Å²) in [7, 11) is 1.68. The molecule has 0 amide bonds. The molecule has 0 bridgehead atoms. The lowest BCUT2D eigenvalue weighted by Gasteiger charge is -2.12. The molecule has 0 aliphatic rings. The highest BCUT2D eigenvalue weighted by Crippen LogP contribution is 2.22. The molecule has 1 rings (SSSR count). The number of allylic oxidation sites excluding steroid dienone is 4. The molecule has 0 saturated carbocycles. The molecule has 206 valence electrons. The first kappa shape index (κ1) is 42.9. The zero-order valence-electron chi connectivity index (χ0n) is 24.9. The largest absolute Gasteiger partial charge is 0.461 e. The lowest BCUT2D eigenvalue weighted by Crippen LogP contribution is -2.00. The molecule has 1 aromatic rings. The number of hydrogen-bond acceptors (Lipinski definition) is 4. The summed E-state index contributed by atoms with van der Waals surface area (Å²) in [6.45, 7) is 30.2. The second-order valence-electron chi connectivity index (χ2n) is 6.28. The van der Waals surface area contributed by atoms with Crippen molar-refractivity contribution in [3.63, 3.8) is 0 Å². The monoisotopic (exact) mass is 497 g/mol. The molecule has 0 heterocycles. The number of hydrogen-bond donors (Lipinski definition) is 1. The van der Waals surface area contributed by atoms with E-state index in [1.807, 2.05) is 69.2 Å². The van der Waals surface area contributed by atoms with Crippen LogP contribution >= 0.6 is 0 Å². The van der Waals surface area contributed by atoms with Crippen LogP contribution in [0.2, 0.25) is 0 Å². The third-order valence-corrected chi connectivity index (χ3v) is 3.61. The maximum atomic E-state index is 13.6. The van der Waals surface area contributed by atoms with Crippen LogP contribution in [0.25, 0.3) is 0 Å². The number of benzene rings is 1. The van der Waals surface area contributed by atoms with Gasteiger partial charge in [-0.15, -0.1) is 6.58 Å².